The largest absolute Gasteiger partial charge is 0.329 e. The average Bonchev–Trinajstić information content (AvgIpc) is 2.51. The summed E-state index contributed by atoms with van der Waals surface area (Å²) in [5.74, 6) is -3.06. The van der Waals surface area contributed by atoms with Crippen molar-refractivity contribution < 1.29 is 22.8 Å². The highest BCUT2D eigenvalue weighted by molar-refractivity contribution is 5.94. The van der Waals surface area contributed by atoms with Gasteiger partial charge in [0, 0.05) is 19.5 Å². The van der Waals surface area contributed by atoms with Gasteiger partial charge in [-0.3, -0.25) is 9.59 Å². The number of carbonyl (C=O) groups is 2. The highest BCUT2D eigenvalue weighted by Gasteiger charge is 2.15. The molecule has 0 aliphatic rings. The molecule has 24 heavy (non-hydrogen) atoms. The summed E-state index contributed by atoms with van der Waals surface area (Å²) in [5, 5.41) is 2.28. The second-order valence-electron chi connectivity index (χ2n) is 5.17. The number of halogens is 3. The standard InChI is InChI=1S/C17H15F3N2O2/c1-11(23)22(9-12-2-4-13(18)5-3-12)10-17(24)21-16-7-6-14(19)8-15(16)20/h2-8H,9-10H2,1H3,(H,21,24). The first-order valence-electron chi connectivity index (χ1n) is 7.10. The van der Waals surface area contributed by atoms with Crippen LogP contribution in [0.2, 0.25) is 0 Å². The van der Waals surface area contributed by atoms with Gasteiger partial charge in [-0.2, -0.15) is 0 Å². The Kier molecular flexibility index (Phi) is 5.57. The zero-order chi connectivity index (χ0) is 17.7. The van der Waals surface area contributed by atoms with Crippen LogP contribution in [-0.4, -0.2) is 23.3 Å². The first-order valence-corrected chi connectivity index (χ1v) is 7.10. The topological polar surface area (TPSA) is 49.4 Å². The Labute approximate surface area is 136 Å². The lowest BCUT2D eigenvalue weighted by molar-refractivity contribution is -0.133. The van der Waals surface area contributed by atoms with Crippen LogP contribution in [0, 0.1) is 17.5 Å². The van der Waals surface area contributed by atoms with Crippen LogP contribution in [0.3, 0.4) is 0 Å². The van der Waals surface area contributed by atoms with Crippen molar-refractivity contribution in [2.24, 2.45) is 0 Å². The predicted molar refractivity (Wildman–Crippen MR) is 82.5 cm³/mol. The minimum atomic E-state index is -0.906. The lowest BCUT2D eigenvalue weighted by atomic mass is 10.2. The highest BCUT2D eigenvalue weighted by Crippen LogP contribution is 2.15. The Morgan fingerprint density at radius 2 is 1.62 bits per heavy atom. The van der Waals surface area contributed by atoms with Crippen LogP contribution < -0.4 is 5.32 Å². The number of rotatable bonds is 5. The second-order valence-corrected chi connectivity index (χ2v) is 5.17. The van der Waals surface area contributed by atoms with Gasteiger partial charge in [-0.05, 0) is 29.8 Å². The van der Waals surface area contributed by atoms with Crippen LogP contribution in [0.25, 0.3) is 0 Å². The molecule has 0 radical (unpaired) electrons. The van der Waals surface area contributed by atoms with E-state index < -0.39 is 23.4 Å². The van der Waals surface area contributed by atoms with Gasteiger partial charge in [-0.1, -0.05) is 12.1 Å². The summed E-state index contributed by atoms with van der Waals surface area (Å²) in [6.45, 7) is 1.08. The van der Waals surface area contributed by atoms with Gasteiger partial charge in [0.1, 0.15) is 24.0 Å². The summed E-state index contributed by atoms with van der Waals surface area (Å²) in [5.41, 5.74) is 0.471. The molecule has 2 rings (SSSR count). The average molecular weight is 336 g/mol. The van der Waals surface area contributed by atoms with Crippen molar-refractivity contribution in [1.29, 1.82) is 0 Å². The van der Waals surface area contributed by atoms with Crippen LogP contribution in [0.5, 0.6) is 0 Å². The molecule has 0 atom stereocenters. The molecule has 4 nitrogen and oxygen atoms in total. The van der Waals surface area contributed by atoms with Crippen molar-refractivity contribution in [3.05, 3.63) is 65.5 Å². The van der Waals surface area contributed by atoms with E-state index >= 15 is 0 Å². The van der Waals surface area contributed by atoms with E-state index in [1.54, 1.807) is 0 Å². The van der Waals surface area contributed by atoms with Crippen LogP contribution in [-0.2, 0) is 16.1 Å². The van der Waals surface area contributed by atoms with E-state index in [0.717, 1.165) is 12.1 Å². The minimum Gasteiger partial charge on any atom is -0.329 e. The van der Waals surface area contributed by atoms with E-state index in [0.29, 0.717) is 11.6 Å². The molecule has 0 bridgehead atoms. The van der Waals surface area contributed by atoms with Crippen molar-refractivity contribution in [3.8, 4) is 0 Å². The quantitative estimate of drug-likeness (QED) is 0.912. The Morgan fingerprint density at radius 1 is 1.00 bits per heavy atom. The Bertz CT molecular complexity index is 748. The molecule has 0 spiro atoms. The molecule has 0 aliphatic heterocycles. The Morgan fingerprint density at radius 3 is 2.21 bits per heavy atom. The summed E-state index contributed by atoms with van der Waals surface area (Å²) in [7, 11) is 0. The smallest absolute Gasteiger partial charge is 0.244 e. The molecule has 0 heterocycles. The van der Waals surface area contributed by atoms with Crippen LogP contribution in [0.15, 0.2) is 42.5 Å². The SMILES string of the molecule is CC(=O)N(CC(=O)Nc1ccc(F)cc1F)Cc1ccc(F)cc1. The number of anilines is 1. The summed E-state index contributed by atoms with van der Waals surface area (Å²) in [6, 6.07) is 8.27. The highest BCUT2D eigenvalue weighted by atomic mass is 19.1. The van der Waals surface area contributed by atoms with Crippen molar-refractivity contribution in [2.45, 2.75) is 13.5 Å². The number of nitrogens with zero attached hydrogens (tertiary/aromatic N) is 1. The summed E-state index contributed by atoms with van der Waals surface area (Å²) in [4.78, 5) is 24.9. The fourth-order valence-corrected chi connectivity index (χ4v) is 2.04. The van der Waals surface area contributed by atoms with Crippen molar-refractivity contribution >= 4 is 17.5 Å². The van der Waals surface area contributed by atoms with Gasteiger partial charge in [-0.15, -0.1) is 0 Å². The number of hydrogen-bond acceptors (Lipinski definition) is 2. The van der Waals surface area contributed by atoms with Gasteiger partial charge in [0.2, 0.25) is 11.8 Å². The first kappa shape index (κ1) is 17.5. The zero-order valence-corrected chi connectivity index (χ0v) is 12.9. The van der Waals surface area contributed by atoms with Gasteiger partial charge in [0.25, 0.3) is 0 Å². The molecule has 1 N–H and O–H groups in total. The third-order valence-electron chi connectivity index (χ3n) is 3.27. The summed E-state index contributed by atoms with van der Waals surface area (Å²) in [6.07, 6.45) is 0. The zero-order valence-electron chi connectivity index (χ0n) is 12.9. The van der Waals surface area contributed by atoms with Crippen LogP contribution >= 0.6 is 0 Å². The molecule has 0 saturated carbocycles. The maximum absolute atomic E-state index is 13.5. The predicted octanol–water partition coefficient (Wildman–Crippen LogP) is 3.09. The van der Waals surface area contributed by atoms with E-state index in [4.69, 9.17) is 0 Å². The molecule has 2 aromatic rings. The van der Waals surface area contributed by atoms with Gasteiger partial charge in [-0.25, -0.2) is 13.2 Å². The monoisotopic (exact) mass is 336 g/mol. The second kappa shape index (κ2) is 7.63. The van der Waals surface area contributed by atoms with E-state index in [-0.39, 0.29) is 24.7 Å². The molecule has 0 saturated heterocycles. The molecular formula is C17H15F3N2O2. The lowest BCUT2D eigenvalue weighted by Gasteiger charge is -2.20. The van der Waals surface area contributed by atoms with E-state index in [9.17, 15) is 22.8 Å². The Hall–Kier alpha value is -2.83. The van der Waals surface area contributed by atoms with E-state index in [2.05, 4.69) is 5.32 Å². The van der Waals surface area contributed by atoms with Crippen molar-refractivity contribution in [3.63, 3.8) is 0 Å². The van der Waals surface area contributed by atoms with E-state index in [1.165, 1.54) is 36.1 Å². The van der Waals surface area contributed by atoms with Gasteiger partial charge in [0.05, 0.1) is 5.69 Å². The van der Waals surface area contributed by atoms with Gasteiger partial charge >= 0.3 is 0 Å². The molecule has 0 aliphatic carbocycles. The van der Waals surface area contributed by atoms with E-state index in [1.807, 2.05) is 0 Å². The molecule has 2 aromatic carbocycles. The number of nitrogens with one attached hydrogen (secondary N) is 1. The van der Waals surface area contributed by atoms with Crippen LogP contribution in [0.4, 0.5) is 18.9 Å². The number of benzene rings is 2. The number of carbonyl (C=O) groups excluding carboxylic acids is 2. The normalized spacial score (nSPS) is 10.3. The van der Waals surface area contributed by atoms with Crippen molar-refractivity contribution in [1.82, 2.24) is 4.90 Å². The molecular weight excluding hydrogens is 321 g/mol. The minimum absolute atomic E-state index is 0.106. The molecule has 0 fully saturated rings. The maximum atomic E-state index is 13.5. The molecule has 0 aromatic heterocycles. The molecule has 0 unspecified atom stereocenters. The fraction of sp³-hybridized carbons (Fsp3) is 0.176. The molecule has 2 amide bonds. The third kappa shape index (κ3) is 4.84. The summed E-state index contributed by atoms with van der Waals surface area (Å²) < 4.78 is 39.3. The first-order chi connectivity index (χ1) is 11.3. The van der Waals surface area contributed by atoms with Crippen molar-refractivity contribution in [2.75, 3.05) is 11.9 Å². The summed E-state index contributed by atoms with van der Waals surface area (Å²) >= 11 is 0. The molecule has 126 valence electrons. The maximum Gasteiger partial charge on any atom is 0.244 e. The molecule has 7 heteroatoms. The third-order valence-corrected chi connectivity index (χ3v) is 3.27. The van der Waals surface area contributed by atoms with Gasteiger partial charge in [0.15, 0.2) is 0 Å². The fourth-order valence-electron chi connectivity index (χ4n) is 2.04. The Balaban J connectivity index is 2.02. The number of hydrogen-bond donors (Lipinski definition) is 1. The van der Waals surface area contributed by atoms with Crippen LogP contribution in [0.1, 0.15) is 12.5 Å². The lowest BCUT2D eigenvalue weighted by Crippen LogP contribution is -2.36. The van der Waals surface area contributed by atoms with Gasteiger partial charge < -0.3 is 10.2 Å². The number of amides is 2.